The molecular formula is C28H41N2O6PS. The van der Waals surface area contributed by atoms with Gasteiger partial charge in [-0.1, -0.05) is 0 Å². The van der Waals surface area contributed by atoms with Crippen molar-refractivity contribution >= 4 is 35.3 Å². The summed E-state index contributed by atoms with van der Waals surface area (Å²) in [6.45, 7) is 13.4. The number of ether oxygens (including phenoxy) is 1. The molecule has 2 aliphatic rings. The number of thiazole rings is 1. The Morgan fingerprint density at radius 3 is 2.68 bits per heavy atom. The van der Waals surface area contributed by atoms with Crippen LogP contribution < -0.4 is 0 Å². The maximum atomic E-state index is 14.7. The molecule has 2 bridgehead atoms. The van der Waals surface area contributed by atoms with Crippen LogP contribution in [0.3, 0.4) is 0 Å². The number of allylic oxidation sites excluding steroid dienone is 2. The number of hydrogen-bond donors (Lipinski definition) is 3. The van der Waals surface area contributed by atoms with Gasteiger partial charge in [-0.25, -0.2) is 0 Å². The van der Waals surface area contributed by atoms with Crippen LogP contribution in [0.2, 0.25) is 0 Å². The van der Waals surface area contributed by atoms with E-state index in [-0.39, 0.29) is 23.4 Å². The third kappa shape index (κ3) is 4.31. The molecule has 5 unspecified atom stereocenters. The average molecular weight is 565 g/mol. The second kappa shape index (κ2) is 10.3. The second-order valence-corrected chi connectivity index (χ2v) is 17.9. The molecule has 1 saturated heterocycles. The number of aromatic nitrogens is 2. The zero-order chi connectivity index (χ0) is 28.2. The van der Waals surface area contributed by atoms with Crippen LogP contribution in [0.5, 0.6) is 0 Å². The average Bonchev–Trinajstić information content (AvgIpc) is 3.39. The summed E-state index contributed by atoms with van der Waals surface area (Å²) in [4.78, 5) is 33.5. The van der Waals surface area contributed by atoms with Gasteiger partial charge in [-0.2, -0.15) is 0 Å². The Kier molecular flexibility index (Phi) is 7.85. The number of esters is 1. The molecule has 4 rings (SSSR count). The van der Waals surface area contributed by atoms with E-state index in [2.05, 4.69) is 25.2 Å². The van der Waals surface area contributed by atoms with E-state index in [9.17, 15) is 24.9 Å². The fourth-order valence-corrected chi connectivity index (χ4v) is 10.3. The maximum absolute atomic E-state index is 14.7. The summed E-state index contributed by atoms with van der Waals surface area (Å²) in [7, 11) is -2.32. The number of aryl methyl sites for hydroxylation is 1. The number of aliphatic hydroxyl groups excluding tert-OH is 2. The summed E-state index contributed by atoms with van der Waals surface area (Å²) in [5.41, 5.74) is 0.163. The van der Waals surface area contributed by atoms with Gasteiger partial charge in [0, 0.05) is 0 Å². The van der Waals surface area contributed by atoms with Crippen LogP contribution in [0.4, 0.5) is 0 Å². The minimum atomic E-state index is -2.61. The van der Waals surface area contributed by atoms with E-state index >= 15 is 0 Å². The molecule has 3 N–H and O–H groups in total. The van der Waals surface area contributed by atoms with E-state index in [1.807, 2.05) is 32.3 Å². The number of hydrogen-bond acceptors (Lipinski definition) is 8. The van der Waals surface area contributed by atoms with E-state index in [0.717, 1.165) is 10.5 Å². The van der Waals surface area contributed by atoms with Crippen molar-refractivity contribution in [1.29, 1.82) is 0 Å². The first-order valence-corrected chi connectivity index (χ1v) is 17.3. The number of Topliss-reactive ketones (excluding diaryl/α,β-unsaturated/α-hetero) is 1. The van der Waals surface area contributed by atoms with Crippen molar-refractivity contribution in [2.24, 2.45) is 11.3 Å². The molecule has 2 aromatic heterocycles. The molecule has 0 aromatic carbocycles. The summed E-state index contributed by atoms with van der Waals surface area (Å²) in [6, 6.07) is 0. The van der Waals surface area contributed by atoms with Gasteiger partial charge < -0.3 is 0 Å². The molecular weight excluding hydrogens is 523 g/mol. The van der Waals surface area contributed by atoms with Crippen molar-refractivity contribution in [1.82, 2.24) is 9.38 Å². The number of carbonyl (C=O) groups excluding carboxylic acids is 2. The van der Waals surface area contributed by atoms with Crippen LogP contribution in [-0.4, -0.2) is 79.6 Å². The quantitative estimate of drug-likeness (QED) is 0.213. The van der Waals surface area contributed by atoms with Gasteiger partial charge in [0.15, 0.2) is 0 Å². The normalized spacial score (nSPS) is 34.4. The molecule has 0 amide bonds. The summed E-state index contributed by atoms with van der Waals surface area (Å²) in [5.74, 6) is -4.09. The first kappa shape index (κ1) is 29.1. The predicted molar refractivity (Wildman–Crippen MR) is 152 cm³/mol. The molecule has 210 valence electrons. The SMILES string of the molecule is CC/C(C)=C/C12C(=O)C(C=C(CO)C(O)C1(O)OC(=O)Cc1c(C)nc3sccn13)[PH](C)(C)C(C)C[C@H]2C. The fraction of sp³-hybridized carbons (Fsp3) is 0.607. The Hall–Kier alpha value is -1.90. The molecule has 6 atom stereocenters. The zero-order valence-corrected chi connectivity index (χ0v) is 25.1. The van der Waals surface area contributed by atoms with Crippen molar-refractivity contribution in [3.8, 4) is 0 Å². The van der Waals surface area contributed by atoms with Gasteiger partial charge in [0.05, 0.1) is 0 Å². The number of fused-ring (bicyclic) bond motifs is 3. The van der Waals surface area contributed by atoms with Gasteiger partial charge in [-0.05, 0) is 0 Å². The van der Waals surface area contributed by atoms with E-state index in [1.165, 1.54) is 11.3 Å². The van der Waals surface area contributed by atoms with E-state index < -0.39 is 48.7 Å². The first-order valence-electron chi connectivity index (χ1n) is 13.3. The molecule has 0 radical (unpaired) electrons. The van der Waals surface area contributed by atoms with Gasteiger partial charge in [0.1, 0.15) is 0 Å². The van der Waals surface area contributed by atoms with Crippen molar-refractivity contribution in [3.05, 3.63) is 46.3 Å². The van der Waals surface area contributed by atoms with Gasteiger partial charge >= 0.3 is 229 Å². The van der Waals surface area contributed by atoms with E-state index in [1.54, 1.807) is 23.5 Å². The van der Waals surface area contributed by atoms with Crippen LogP contribution >= 0.6 is 18.6 Å². The van der Waals surface area contributed by atoms with Gasteiger partial charge in [0.2, 0.25) is 0 Å². The number of rotatable bonds is 6. The first-order chi connectivity index (χ1) is 17.7. The number of nitrogens with zero attached hydrogens (tertiary/aromatic N) is 2. The number of aliphatic hydroxyl groups is 3. The summed E-state index contributed by atoms with van der Waals surface area (Å²) >= 11 is 1.44. The topological polar surface area (TPSA) is 121 Å². The van der Waals surface area contributed by atoms with E-state index in [0.29, 0.717) is 24.2 Å². The molecule has 1 aliphatic heterocycles. The predicted octanol–water partition coefficient (Wildman–Crippen LogP) is 3.49. The van der Waals surface area contributed by atoms with Gasteiger partial charge in [-0.15, -0.1) is 0 Å². The minimum absolute atomic E-state index is 0.103. The second-order valence-electron chi connectivity index (χ2n) is 11.8. The molecule has 8 nitrogen and oxygen atoms in total. The summed E-state index contributed by atoms with van der Waals surface area (Å²) < 4.78 is 7.72. The van der Waals surface area contributed by atoms with Crippen LogP contribution in [0.1, 0.15) is 51.9 Å². The van der Waals surface area contributed by atoms with Crippen molar-refractivity contribution in [3.63, 3.8) is 0 Å². The molecule has 2 aromatic rings. The molecule has 1 aliphatic carbocycles. The Morgan fingerprint density at radius 1 is 1.37 bits per heavy atom. The molecule has 10 heteroatoms. The zero-order valence-electron chi connectivity index (χ0n) is 23.3. The monoisotopic (exact) mass is 564 g/mol. The number of imidazole rings is 1. The van der Waals surface area contributed by atoms with Crippen LogP contribution in [0.25, 0.3) is 4.96 Å². The van der Waals surface area contributed by atoms with Gasteiger partial charge in [0.25, 0.3) is 0 Å². The van der Waals surface area contributed by atoms with Crippen LogP contribution in [-0.2, 0) is 20.7 Å². The van der Waals surface area contributed by atoms with Crippen LogP contribution in [0, 0.1) is 18.3 Å². The molecule has 0 spiro atoms. The van der Waals surface area contributed by atoms with Crippen molar-refractivity contribution in [2.45, 2.75) is 77.1 Å². The summed E-state index contributed by atoms with van der Waals surface area (Å²) in [6.07, 6.45) is 4.47. The molecule has 1 fully saturated rings. The van der Waals surface area contributed by atoms with Crippen LogP contribution in [0.15, 0.2) is 34.9 Å². The molecule has 38 heavy (non-hydrogen) atoms. The molecule has 0 saturated carbocycles. The Labute approximate surface area is 228 Å². The third-order valence-electron chi connectivity index (χ3n) is 9.30. The molecule has 3 heterocycles. The fourth-order valence-electron chi connectivity index (χ4n) is 6.35. The number of ketones is 1. The van der Waals surface area contributed by atoms with E-state index in [4.69, 9.17) is 4.74 Å². The third-order valence-corrected chi connectivity index (χ3v) is 14.9. The van der Waals surface area contributed by atoms with Crippen molar-refractivity contribution < 1.29 is 29.6 Å². The standard InChI is InChI=1S/C28H41N2O6PS/c1-8-16(2)14-27-17(3)11-18(4)37(6,7)22(25(27)34)12-20(15-31)24(33)28(27,35)36-23(32)13-21-19(5)29-26-30(21)9-10-38-26/h9-10,12,14,17-18,22,24,31,33,35,37H,8,11,13,15H2,1-7H3/b16-14+/t17-,18?,22?,24?,27?,28?/m1/s1. The van der Waals surface area contributed by atoms with Crippen molar-refractivity contribution in [2.75, 3.05) is 19.9 Å². The Morgan fingerprint density at radius 2 is 2.05 bits per heavy atom. The Balaban J connectivity index is 1.91. The Bertz CT molecular complexity index is 1310. The summed E-state index contributed by atoms with van der Waals surface area (Å²) in [5, 5.41) is 36.3. The number of carbonyl (C=O) groups is 2. The van der Waals surface area contributed by atoms with Gasteiger partial charge in [-0.3, -0.25) is 0 Å².